The van der Waals surface area contributed by atoms with Crippen LogP contribution in [0.4, 0.5) is 13.2 Å². The average molecular weight is 556 g/mol. The first-order valence-electron chi connectivity index (χ1n) is 13.0. The average Bonchev–Trinajstić information content (AvgIpc) is 3.57. The van der Waals surface area contributed by atoms with Crippen LogP contribution in [0.1, 0.15) is 54.7 Å². The Balaban J connectivity index is 1.07. The molecular weight excluding hydrogens is 527 g/mol. The second-order valence-electron chi connectivity index (χ2n) is 10.8. The summed E-state index contributed by atoms with van der Waals surface area (Å²) in [5.74, 6) is -2.04. The normalized spacial score (nSPS) is 20.6. The first-order chi connectivity index (χ1) is 19.0. The van der Waals surface area contributed by atoms with Crippen molar-refractivity contribution in [1.82, 2.24) is 44.5 Å². The van der Waals surface area contributed by atoms with E-state index in [4.69, 9.17) is 0 Å². The number of piperazine rings is 1. The zero-order valence-electron chi connectivity index (χ0n) is 21.9. The molecule has 6 rings (SSSR count). The Labute approximate surface area is 227 Å². The minimum absolute atomic E-state index is 0.253. The number of halogens is 3. The van der Waals surface area contributed by atoms with Gasteiger partial charge in [-0.2, -0.15) is 18.3 Å². The Morgan fingerprint density at radius 3 is 2.52 bits per heavy atom. The molecule has 0 atom stereocenters. The van der Waals surface area contributed by atoms with Crippen molar-refractivity contribution in [2.45, 2.75) is 50.6 Å². The zero-order chi connectivity index (χ0) is 28.2. The Morgan fingerprint density at radius 1 is 1.07 bits per heavy atom. The van der Waals surface area contributed by atoms with Crippen molar-refractivity contribution in [3.63, 3.8) is 0 Å². The number of aliphatic hydroxyl groups is 1. The molecule has 0 spiro atoms. The van der Waals surface area contributed by atoms with Gasteiger partial charge in [0, 0.05) is 55.6 Å². The summed E-state index contributed by atoms with van der Waals surface area (Å²) in [6.45, 7) is 4.58. The van der Waals surface area contributed by atoms with Crippen LogP contribution in [-0.2, 0) is 11.8 Å². The second-order valence-corrected chi connectivity index (χ2v) is 10.8. The van der Waals surface area contributed by atoms with E-state index in [0.29, 0.717) is 32.2 Å². The molecule has 0 bridgehead atoms. The van der Waals surface area contributed by atoms with E-state index in [9.17, 15) is 23.1 Å². The smallest absolute Gasteiger partial charge is 0.384 e. The summed E-state index contributed by atoms with van der Waals surface area (Å²) in [4.78, 5) is 35.6. The molecule has 1 saturated heterocycles. The van der Waals surface area contributed by atoms with Crippen LogP contribution in [0, 0.1) is 0 Å². The number of carbonyl (C=O) groups is 1. The lowest BCUT2D eigenvalue weighted by Crippen LogP contribution is -2.55. The van der Waals surface area contributed by atoms with Crippen molar-refractivity contribution in [2.24, 2.45) is 0 Å². The van der Waals surface area contributed by atoms with Gasteiger partial charge < -0.3 is 15.0 Å². The molecule has 1 saturated carbocycles. The topological polar surface area (TPSA) is 129 Å². The van der Waals surface area contributed by atoms with Crippen LogP contribution in [0.2, 0.25) is 0 Å². The fourth-order valence-corrected chi connectivity index (χ4v) is 5.28. The number of nitrogens with one attached hydrogen (secondary N) is 1. The molecular formula is C26H28F3N9O2. The Bertz CT molecular complexity index is 1510. The number of hydrogen-bond donors (Lipinski definition) is 2. The molecule has 1 aliphatic heterocycles. The number of nitrogens with zero attached hydrogens (tertiary/aromatic N) is 8. The molecule has 0 unspecified atom stereocenters. The van der Waals surface area contributed by atoms with Gasteiger partial charge in [0.15, 0.2) is 0 Å². The van der Waals surface area contributed by atoms with E-state index in [-0.39, 0.29) is 17.4 Å². The number of aromatic amines is 1. The largest absolute Gasteiger partial charge is 0.451 e. The first kappa shape index (κ1) is 26.3. The third kappa shape index (κ3) is 4.92. The van der Waals surface area contributed by atoms with E-state index in [1.165, 1.54) is 25.1 Å². The number of alkyl halides is 3. The van der Waals surface area contributed by atoms with E-state index in [0.717, 1.165) is 41.2 Å². The van der Waals surface area contributed by atoms with Crippen LogP contribution >= 0.6 is 0 Å². The molecule has 0 aromatic carbocycles. The highest BCUT2D eigenvalue weighted by Crippen LogP contribution is 2.37. The van der Waals surface area contributed by atoms with Gasteiger partial charge in [0.1, 0.15) is 23.3 Å². The van der Waals surface area contributed by atoms with Crippen LogP contribution in [0.15, 0.2) is 37.1 Å². The SMILES string of the molecule is CC(C)(O)c1cc(C(=O)N2CCN(C3CC(n4cc(-c5ncnc6[nH]ccc56)cn4)C3)CC2)nc(C(F)(F)F)n1. The molecule has 2 fully saturated rings. The van der Waals surface area contributed by atoms with Gasteiger partial charge >= 0.3 is 6.18 Å². The Kier molecular flexibility index (Phi) is 6.33. The van der Waals surface area contributed by atoms with Gasteiger partial charge in [0.25, 0.3) is 5.91 Å². The third-order valence-electron chi connectivity index (χ3n) is 7.63. The maximum Gasteiger partial charge on any atom is 0.451 e. The maximum atomic E-state index is 13.4. The predicted molar refractivity (Wildman–Crippen MR) is 137 cm³/mol. The maximum absolute atomic E-state index is 13.4. The highest BCUT2D eigenvalue weighted by Gasteiger charge is 2.39. The molecule has 1 amide bonds. The summed E-state index contributed by atoms with van der Waals surface area (Å²) in [7, 11) is 0. The molecule has 0 radical (unpaired) electrons. The summed E-state index contributed by atoms with van der Waals surface area (Å²) in [6, 6.07) is 3.67. The number of hydrogen-bond acceptors (Lipinski definition) is 8. The van der Waals surface area contributed by atoms with Crippen LogP contribution in [-0.4, -0.2) is 87.7 Å². The highest BCUT2D eigenvalue weighted by atomic mass is 19.4. The lowest BCUT2D eigenvalue weighted by Gasteiger charge is -2.46. The molecule has 40 heavy (non-hydrogen) atoms. The van der Waals surface area contributed by atoms with E-state index < -0.39 is 23.5 Å². The minimum Gasteiger partial charge on any atom is -0.384 e. The quantitative estimate of drug-likeness (QED) is 0.385. The summed E-state index contributed by atoms with van der Waals surface area (Å²) in [6.07, 6.45) is 4.16. The monoisotopic (exact) mass is 555 g/mol. The van der Waals surface area contributed by atoms with E-state index in [1.807, 2.05) is 29.3 Å². The summed E-state index contributed by atoms with van der Waals surface area (Å²) in [5, 5.41) is 15.7. The van der Waals surface area contributed by atoms with Crippen molar-refractivity contribution in [3.8, 4) is 11.3 Å². The number of rotatable bonds is 5. The van der Waals surface area contributed by atoms with Crippen LogP contribution in [0.25, 0.3) is 22.3 Å². The fourth-order valence-electron chi connectivity index (χ4n) is 5.28. The number of H-pyrrole nitrogens is 1. The van der Waals surface area contributed by atoms with Crippen molar-refractivity contribution >= 4 is 16.9 Å². The van der Waals surface area contributed by atoms with Gasteiger partial charge in [-0.15, -0.1) is 0 Å². The number of fused-ring (bicyclic) bond motifs is 1. The fraction of sp³-hybridized carbons (Fsp3) is 0.462. The van der Waals surface area contributed by atoms with Gasteiger partial charge in [0.05, 0.1) is 23.6 Å². The first-order valence-corrected chi connectivity index (χ1v) is 13.0. The van der Waals surface area contributed by atoms with Crippen LogP contribution in [0.5, 0.6) is 0 Å². The summed E-state index contributed by atoms with van der Waals surface area (Å²) in [5.41, 5.74) is 0.250. The van der Waals surface area contributed by atoms with E-state index in [2.05, 4.69) is 34.9 Å². The standard InChI is InChI=1S/C26H28F3N9O2/c1-25(2,40)20-11-19(34-24(35-20)26(27,28)29)23(39)37-7-5-36(6-8-37)16-9-17(10-16)38-13-15(12-33-38)21-18-3-4-30-22(18)32-14-31-21/h3-4,11-14,16-17,40H,5-10H2,1-2H3,(H,30,31,32). The van der Waals surface area contributed by atoms with Crippen molar-refractivity contribution in [2.75, 3.05) is 26.2 Å². The highest BCUT2D eigenvalue weighted by molar-refractivity contribution is 5.92. The van der Waals surface area contributed by atoms with E-state index in [1.54, 1.807) is 0 Å². The van der Waals surface area contributed by atoms with Gasteiger partial charge in [-0.1, -0.05) is 0 Å². The number of amides is 1. The molecule has 2 N–H and O–H groups in total. The summed E-state index contributed by atoms with van der Waals surface area (Å²) >= 11 is 0. The molecule has 11 nitrogen and oxygen atoms in total. The second kappa shape index (κ2) is 9.63. The van der Waals surface area contributed by atoms with Crippen molar-refractivity contribution in [3.05, 3.63) is 54.3 Å². The van der Waals surface area contributed by atoms with E-state index >= 15 is 0 Å². The minimum atomic E-state index is -4.84. The molecule has 210 valence electrons. The molecule has 2 aliphatic rings. The lowest BCUT2D eigenvalue weighted by molar-refractivity contribution is -0.145. The third-order valence-corrected chi connectivity index (χ3v) is 7.63. The predicted octanol–water partition coefficient (Wildman–Crippen LogP) is 3.02. The molecule has 4 aromatic heterocycles. The molecule has 4 aromatic rings. The number of carbonyl (C=O) groups excluding carboxylic acids is 1. The molecule has 1 aliphatic carbocycles. The van der Waals surface area contributed by atoms with Crippen molar-refractivity contribution in [1.29, 1.82) is 0 Å². The van der Waals surface area contributed by atoms with Gasteiger partial charge in [-0.05, 0) is 38.8 Å². The molecule has 14 heteroatoms. The molecule has 5 heterocycles. The van der Waals surface area contributed by atoms with Crippen molar-refractivity contribution < 1.29 is 23.1 Å². The van der Waals surface area contributed by atoms with Gasteiger partial charge in [-0.3, -0.25) is 14.4 Å². The van der Waals surface area contributed by atoms with Crippen LogP contribution < -0.4 is 0 Å². The zero-order valence-corrected chi connectivity index (χ0v) is 21.9. The summed E-state index contributed by atoms with van der Waals surface area (Å²) < 4.78 is 42.1. The van der Waals surface area contributed by atoms with Gasteiger partial charge in [-0.25, -0.2) is 19.9 Å². The Hall–Kier alpha value is -3.91. The Morgan fingerprint density at radius 2 is 1.82 bits per heavy atom. The van der Waals surface area contributed by atoms with Gasteiger partial charge in [0.2, 0.25) is 5.82 Å². The van der Waals surface area contributed by atoms with Crippen LogP contribution in [0.3, 0.4) is 0 Å². The number of aromatic nitrogens is 7. The lowest BCUT2D eigenvalue weighted by atomic mass is 9.85.